The van der Waals surface area contributed by atoms with Crippen molar-refractivity contribution in [2.24, 2.45) is 50.2 Å². The van der Waals surface area contributed by atoms with Crippen molar-refractivity contribution in [2.75, 3.05) is 19.8 Å². The highest BCUT2D eigenvalue weighted by molar-refractivity contribution is 5.80. The molecule has 0 bridgehead atoms. The fourth-order valence-corrected chi connectivity index (χ4v) is 17.2. The number of hydrogen-bond donors (Lipinski definition) is 14. The summed E-state index contributed by atoms with van der Waals surface area (Å²) in [4.78, 5) is 27.3. The topological polar surface area (TPSA) is 410 Å². The van der Waals surface area contributed by atoms with Crippen molar-refractivity contribution in [3.63, 3.8) is 0 Å². The van der Waals surface area contributed by atoms with Crippen LogP contribution in [0.2, 0.25) is 0 Å². The molecule has 5 saturated heterocycles. The Morgan fingerprint density at radius 1 is 0.554 bits per heavy atom. The van der Waals surface area contributed by atoms with Gasteiger partial charge in [0.25, 0.3) is 0 Å². The first-order valence-corrected chi connectivity index (χ1v) is 29.5. The quantitative estimate of drug-likeness (QED) is 0.0593. The zero-order valence-corrected chi connectivity index (χ0v) is 48.3. The summed E-state index contributed by atoms with van der Waals surface area (Å²) in [5, 5.41) is 152. The monoisotopic (exact) mass is 1190 g/mol. The average molecular weight is 1190 g/mol. The lowest BCUT2D eigenvalue weighted by Gasteiger charge is -2.71. The molecule has 83 heavy (non-hydrogen) atoms. The minimum Gasteiger partial charge on any atom is -0.479 e. The number of aliphatic carboxylic acids is 1. The maximum Gasteiger partial charge on any atom is 0.335 e. The summed E-state index contributed by atoms with van der Waals surface area (Å²) < 4.78 is 58.6. The van der Waals surface area contributed by atoms with E-state index < -0.39 is 200 Å². The highest BCUT2D eigenvalue weighted by Crippen LogP contribution is 2.76. The van der Waals surface area contributed by atoms with Crippen molar-refractivity contribution >= 4 is 11.9 Å². The van der Waals surface area contributed by atoms with Gasteiger partial charge in [0.05, 0.1) is 38.1 Å². The van der Waals surface area contributed by atoms with Crippen LogP contribution in [0, 0.1) is 50.2 Å². The van der Waals surface area contributed by atoms with Gasteiger partial charge in [-0.3, -0.25) is 4.79 Å². The Kier molecular flexibility index (Phi) is 17.7. The third-order valence-electron chi connectivity index (χ3n) is 22.3. The Morgan fingerprint density at radius 2 is 1.14 bits per heavy atom. The Balaban J connectivity index is 0.834. The van der Waals surface area contributed by atoms with Crippen LogP contribution in [0.1, 0.15) is 113 Å². The smallest absolute Gasteiger partial charge is 0.335 e. The molecule has 5 heterocycles. The summed E-state index contributed by atoms with van der Waals surface area (Å²) in [5.41, 5.74) is -2.52. The molecule has 0 aromatic heterocycles. The van der Waals surface area contributed by atoms with Gasteiger partial charge in [0.15, 0.2) is 37.4 Å². The third-order valence-corrected chi connectivity index (χ3v) is 22.3. The minimum atomic E-state index is -1.95. The molecule has 0 radical (unpaired) electrons. The SMILES string of the molecule is CC1OC(OC2C(OC(=O)[C@]34CCC(C)(C)C[C@H]3C3=CC[C@@H]5[C@@]6(C)CC[C@H](OC7OC(C(=O)O)C(O)C(O)C7O)C(C)(C)[C@@H]6CC[C@@]5(C)[C@]3(C)C[C@H]4O)OCC(O)C2O)C(O)C(O)C1OC1OCC(OC2OCC(O)C(O)C2O)C(O)C1O. The van der Waals surface area contributed by atoms with Gasteiger partial charge in [0.2, 0.25) is 6.29 Å². The predicted molar refractivity (Wildman–Crippen MR) is 278 cm³/mol. The van der Waals surface area contributed by atoms with Gasteiger partial charge >= 0.3 is 11.9 Å². The van der Waals surface area contributed by atoms with E-state index in [4.69, 9.17) is 47.4 Å². The van der Waals surface area contributed by atoms with E-state index in [2.05, 4.69) is 54.5 Å². The maximum absolute atomic E-state index is 15.4. The molecule has 9 fully saturated rings. The van der Waals surface area contributed by atoms with E-state index in [1.54, 1.807) is 0 Å². The molecule has 5 aliphatic heterocycles. The lowest BCUT2D eigenvalue weighted by atomic mass is 9.33. The van der Waals surface area contributed by atoms with E-state index in [0.717, 1.165) is 18.4 Å². The number of esters is 1. The van der Waals surface area contributed by atoms with Crippen LogP contribution in [0.5, 0.6) is 0 Å². The zero-order valence-electron chi connectivity index (χ0n) is 48.3. The lowest BCUT2D eigenvalue weighted by Crippen LogP contribution is -2.68. The van der Waals surface area contributed by atoms with Crippen LogP contribution in [0.3, 0.4) is 0 Å². The number of rotatable bonds is 11. The number of carbonyl (C=O) groups excluding carboxylic acids is 1. The predicted octanol–water partition coefficient (Wildman–Crippen LogP) is -2.20. The number of ether oxygens (including phenoxy) is 10. The number of carboxylic acids is 1. The molecule has 14 N–H and O–H groups in total. The lowest BCUT2D eigenvalue weighted by molar-refractivity contribution is -0.373. The maximum atomic E-state index is 15.4. The molecule has 31 atom stereocenters. The number of fused-ring (bicyclic) bond motifs is 7. The second-order valence-electron chi connectivity index (χ2n) is 27.9. The zero-order chi connectivity index (χ0) is 60.6. The van der Waals surface area contributed by atoms with Crippen molar-refractivity contribution in [1.29, 1.82) is 0 Å². The van der Waals surface area contributed by atoms with Gasteiger partial charge in [-0.25, -0.2) is 4.79 Å². The van der Waals surface area contributed by atoms with Gasteiger partial charge in [-0.15, -0.1) is 0 Å². The van der Waals surface area contributed by atoms with Crippen LogP contribution in [0.15, 0.2) is 11.6 Å². The normalized spacial score (nSPS) is 54.2. The summed E-state index contributed by atoms with van der Waals surface area (Å²) in [7, 11) is 0. The van der Waals surface area contributed by atoms with Crippen LogP contribution in [-0.2, 0) is 57.0 Å². The molecule has 4 saturated carbocycles. The summed E-state index contributed by atoms with van der Waals surface area (Å²) in [5.74, 6) is -2.63. The number of aliphatic hydroxyl groups is 13. The first kappa shape index (κ1) is 63.8. The van der Waals surface area contributed by atoms with Gasteiger partial charge in [-0.05, 0) is 110 Å². The van der Waals surface area contributed by atoms with E-state index >= 15 is 4.79 Å². The van der Waals surface area contributed by atoms with E-state index in [1.165, 1.54) is 6.92 Å². The summed E-state index contributed by atoms with van der Waals surface area (Å²) in [6.45, 7) is 15.5. The molecule has 22 unspecified atom stereocenters. The van der Waals surface area contributed by atoms with Gasteiger partial charge in [0, 0.05) is 0 Å². The Hall–Kier alpha value is -2.20. The van der Waals surface area contributed by atoms with Crippen LogP contribution in [0.25, 0.3) is 0 Å². The Morgan fingerprint density at radius 3 is 1.83 bits per heavy atom. The number of carbonyl (C=O) groups is 2. The fraction of sp³-hybridized carbons (Fsp3) is 0.930. The van der Waals surface area contributed by atoms with Gasteiger partial charge in [-0.2, -0.15) is 0 Å². The Bertz CT molecular complexity index is 2380. The van der Waals surface area contributed by atoms with Crippen LogP contribution in [-0.4, -0.2) is 251 Å². The summed E-state index contributed by atoms with van der Waals surface area (Å²) in [6.07, 6.45) is -30.8. The van der Waals surface area contributed by atoms with Crippen molar-refractivity contribution in [2.45, 2.75) is 261 Å². The molecule has 474 valence electrons. The molecule has 26 nitrogen and oxygen atoms in total. The first-order chi connectivity index (χ1) is 38.7. The minimum absolute atomic E-state index is 0.0697. The molecular formula is C57H90O26. The van der Waals surface area contributed by atoms with Crippen molar-refractivity contribution < 1.29 is 128 Å². The van der Waals surface area contributed by atoms with Gasteiger partial charge < -0.3 is 119 Å². The number of carboxylic acid groups (broad SMARTS) is 1. The molecule has 0 aromatic rings. The van der Waals surface area contributed by atoms with Crippen molar-refractivity contribution in [3.05, 3.63) is 11.6 Å². The highest BCUT2D eigenvalue weighted by Gasteiger charge is 2.72. The van der Waals surface area contributed by atoms with E-state index in [9.17, 15) is 76.3 Å². The molecule has 26 heteroatoms. The number of aliphatic hydroxyl groups excluding tert-OH is 13. The molecule has 0 spiro atoms. The molecule has 0 amide bonds. The van der Waals surface area contributed by atoms with Crippen molar-refractivity contribution in [1.82, 2.24) is 0 Å². The van der Waals surface area contributed by atoms with Crippen LogP contribution < -0.4 is 0 Å². The van der Waals surface area contributed by atoms with Crippen LogP contribution >= 0.6 is 0 Å². The average Bonchev–Trinajstić information content (AvgIpc) is 0.747. The number of allylic oxidation sites excluding steroid dienone is 2. The van der Waals surface area contributed by atoms with Crippen molar-refractivity contribution in [3.8, 4) is 0 Å². The van der Waals surface area contributed by atoms with Gasteiger partial charge in [0.1, 0.15) is 90.9 Å². The standard InChI is InChI=1S/C57H90O26/c1-22-42(80-47-39(68)34(63)27(21-76-47)78-46-38(67)32(61)25(58)19-74-46)37(66)41(70)48(77-22)82-44-33(62)26(59)20-75-50(44)83-51(73)57-16-15-52(2,3)17-24(57)23-9-10-29-54(6)13-12-31(79-49-40(69)35(64)36(65)43(81-49)45(71)72)53(4,5)28(54)11-14-55(29,7)56(23,8)18-30(57)60/h9,22,24-44,46-50,58-70H,10-21H2,1-8H3,(H,71,72)/t22?,24-,25?,26?,27?,28-,29+,30+,31-,32?,33?,34?,35?,36?,37?,38?,39?,40?,41?,42?,43?,44?,46?,47?,48?,49?,50?,54-,55+,56+,57+/m0/s1. The summed E-state index contributed by atoms with van der Waals surface area (Å²) in [6, 6.07) is 0. The molecule has 5 aliphatic carbocycles. The second-order valence-corrected chi connectivity index (χ2v) is 27.9. The molecular weight excluding hydrogens is 1100 g/mol. The molecule has 10 aliphatic rings. The fourth-order valence-electron chi connectivity index (χ4n) is 17.2. The van der Waals surface area contributed by atoms with Crippen LogP contribution in [0.4, 0.5) is 0 Å². The molecule has 10 rings (SSSR count). The third kappa shape index (κ3) is 10.6. The van der Waals surface area contributed by atoms with E-state index in [-0.39, 0.29) is 42.1 Å². The first-order valence-electron chi connectivity index (χ1n) is 29.5. The van der Waals surface area contributed by atoms with E-state index in [1.807, 2.05) is 0 Å². The largest absolute Gasteiger partial charge is 0.479 e. The molecule has 0 aromatic carbocycles. The Labute approximate surface area is 481 Å². The van der Waals surface area contributed by atoms with E-state index in [0.29, 0.717) is 32.1 Å². The highest BCUT2D eigenvalue weighted by atomic mass is 16.8. The summed E-state index contributed by atoms with van der Waals surface area (Å²) >= 11 is 0. The number of hydrogen-bond acceptors (Lipinski definition) is 25. The second kappa shape index (κ2) is 23.0. The van der Waals surface area contributed by atoms with Gasteiger partial charge in [-0.1, -0.05) is 60.1 Å².